The third kappa shape index (κ3) is 4.32. The fourth-order valence-corrected chi connectivity index (χ4v) is 3.28. The molecule has 19 heavy (non-hydrogen) atoms. The summed E-state index contributed by atoms with van der Waals surface area (Å²) in [6.45, 7) is 5.74. The van der Waals surface area contributed by atoms with Gasteiger partial charge in [0, 0.05) is 19.1 Å². The average molecular weight is 260 g/mol. The van der Waals surface area contributed by atoms with Gasteiger partial charge in [-0.05, 0) is 37.9 Å². The fraction of sp³-hybridized carbons (Fsp3) is 0.647. The molecule has 0 radical (unpaired) electrons. The summed E-state index contributed by atoms with van der Waals surface area (Å²) < 4.78 is 0. The van der Waals surface area contributed by atoms with Gasteiger partial charge in [-0.1, -0.05) is 50.1 Å². The molecule has 2 nitrogen and oxygen atoms in total. The van der Waals surface area contributed by atoms with E-state index in [4.69, 9.17) is 0 Å². The standard InChI is InChI=1S/C17H28N2/c1-3-19(13-15-9-5-4-6-10-15)14-16-11-7-8-12-17(16)18-2/h4-6,9-10,16-18H,3,7-8,11-14H2,1-2H3. The Kier molecular flexibility index (Phi) is 5.87. The van der Waals surface area contributed by atoms with Crippen molar-refractivity contribution >= 4 is 0 Å². The minimum atomic E-state index is 0.721. The van der Waals surface area contributed by atoms with Crippen molar-refractivity contribution in [1.82, 2.24) is 10.2 Å². The molecule has 0 bridgehead atoms. The molecule has 2 rings (SSSR count). The summed E-state index contributed by atoms with van der Waals surface area (Å²) in [5.74, 6) is 0.822. The van der Waals surface area contributed by atoms with E-state index < -0.39 is 0 Å². The summed E-state index contributed by atoms with van der Waals surface area (Å²) in [7, 11) is 2.12. The van der Waals surface area contributed by atoms with Gasteiger partial charge in [-0.25, -0.2) is 0 Å². The van der Waals surface area contributed by atoms with Crippen molar-refractivity contribution < 1.29 is 0 Å². The second kappa shape index (κ2) is 7.66. The van der Waals surface area contributed by atoms with E-state index in [9.17, 15) is 0 Å². The first-order valence-electron chi connectivity index (χ1n) is 7.77. The maximum absolute atomic E-state index is 3.52. The van der Waals surface area contributed by atoms with E-state index in [2.05, 4.69) is 54.5 Å². The second-order valence-corrected chi connectivity index (χ2v) is 5.75. The Bertz CT molecular complexity index is 350. The SMILES string of the molecule is CCN(Cc1ccccc1)CC1CCCCC1NC. The zero-order chi connectivity index (χ0) is 13.5. The van der Waals surface area contributed by atoms with Crippen molar-refractivity contribution in [1.29, 1.82) is 0 Å². The van der Waals surface area contributed by atoms with Gasteiger partial charge in [0.2, 0.25) is 0 Å². The molecule has 0 aliphatic heterocycles. The van der Waals surface area contributed by atoms with Gasteiger partial charge in [0.15, 0.2) is 0 Å². The Morgan fingerprint density at radius 3 is 2.58 bits per heavy atom. The van der Waals surface area contributed by atoms with Crippen molar-refractivity contribution in [3.63, 3.8) is 0 Å². The minimum absolute atomic E-state index is 0.721. The highest BCUT2D eigenvalue weighted by Gasteiger charge is 2.25. The van der Waals surface area contributed by atoms with Crippen LogP contribution in [-0.2, 0) is 6.54 Å². The van der Waals surface area contributed by atoms with E-state index in [1.807, 2.05) is 0 Å². The van der Waals surface area contributed by atoms with Crippen LogP contribution in [-0.4, -0.2) is 31.1 Å². The smallest absolute Gasteiger partial charge is 0.0233 e. The molecule has 0 spiro atoms. The van der Waals surface area contributed by atoms with Crippen molar-refractivity contribution in [3.8, 4) is 0 Å². The molecule has 1 aliphatic carbocycles. The Labute approximate surface area is 118 Å². The van der Waals surface area contributed by atoms with Gasteiger partial charge in [-0.3, -0.25) is 4.90 Å². The second-order valence-electron chi connectivity index (χ2n) is 5.75. The molecule has 1 saturated carbocycles. The molecule has 2 heteroatoms. The Hall–Kier alpha value is -0.860. The Balaban J connectivity index is 1.90. The summed E-state index contributed by atoms with van der Waals surface area (Å²) in [5.41, 5.74) is 1.43. The van der Waals surface area contributed by atoms with E-state index in [-0.39, 0.29) is 0 Å². The maximum atomic E-state index is 3.52. The van der Waals surface area contributed by atoms with Gasteiger partial charge in [0.05, 0.1) is 0 Å². The topological polar surface area (TPSA) is 15.3 Å². The maximum Gasteiger partial charge on any atom is 0.0233 e. The first-order valence-corrected chi connectivity index (χ1v) is 7.77. The van der Waals surface area contributed by atoms with Gasteiger partial charge in [0.25, 0.3) is 0 Å². The monoisotopic (exact) mass is 260 g/mol. The van der Waals surface area contributed by atoms with Crippen molar-refractivity contribution in [2.45, 2.75) is 45.2 Å². The van der Waals surface area contributed by atoms with Crippen molar-refractivity contribution in [2.75, 3.05) is 20.1 Å². The molecule has 0 heterocycles. The normalized spacial score (nSPS) is 23.7. The lowest BCUT2D eigenvalue weighted by atomic mass is 9.84. The highest BCUT2D eigenvalue weighted by atomic mass is 15.1. The minimum Gasteiger partial charge on any atom is -0.317 e. The van der Waals surface area contributed by atoms with Gasteiger partial charge in [0.1, 0.15) is 0 Å². The first-order chi connectivity index (χ1) is 9.33. The van der Waals surface area contributed by atoms with Crippen LogP contribution in [0.1, 0.15) is 38.2 Å². The van der Waals surface area contributed by atoms with Crippen LogP contribution < -0.4 is 5.32 Å². The van der Waals surface area contributed by atoms with Crippen LogP contribution in [0.4, 0.5) is 0 Å². The van der Waals surface area contributed by atoms with Gasteiger partial charge in [-0.15, -0.1) is 0 Å². The summed E-state index contributed by atoms with van der Waals surface area (Å²) >= 11 is 0. The van der Waals surface area contributed by atoms with Crippen molar-refractivity contribution in [2.24, 2.45) is 5.92 Å². The molecule has 2 unspecified atom stereocenters. The van der Waals surface area contributed by atoms with Crippen molar-refractivity contribution in [3.05, 3.63) is 35.9 Å². The lowest BCUT2D eigenvalue weighted by Crippen LogP contribution is -2.42. The van der Waals surface area contributed by atoms with Crippen LogP contribution in [0.5, 0.6) is 0 Å². The summed E-state index contributed by atoms with van der Waals surface area (Å²) in [6, 6.07) is 11.6. The molecular weight excluding hydrogens is 232 g/mol. The van der Waals surface area contributed by atoms with E-state index in [0.29, 0.717) is 0 Å². The number of nitrogens with one attached hydrogen (secondary N) is 1. The van der Waals surface area contributed by atoms with Crippen LogP contribution in [0, 0.1) is 5.92 Å². The number of nitrogens with zero attached hydrogens (tertiary/aromatic N) is 1. The number of rotatable bonds is 6. The molecule has 1 aliphatic rings. The molecule has 2 atom stereocenters. The van der Waals surface area contributed by atoms with E-state index >= 15 is 0 Å². The Morgan fingerprint density at radius 1 is 1.16 bits per heavy atom. The van der Waals surface area contributed by atoms with Gasteiger partial charge < -0.3 is 5.32 Å². The molecule has 1 N–H and O–H groups in total. The zero-order valence-electron chi connectivity index (χ0n) is 12.4. The van der Waals surface area contributed by atoms with Crippen LogP contribution in [0.15, 0.2) is 30.3 Å². The third-order valence-corrected chi connectivity index (χ3v) is 4.47. The first kappa shape index (κ1) is 14.5. The van der Waals surface area contributed by atoms with Gasteiger partial charge >= 0.3 is 0 Å². The summed E-state index contributed by atoms with van der Waals surface area (Å²) in [4.78, 5) is 2.59. The lowest BCUT2D eigenvalue weighted by Gasteiger charge is -2.35. The highest BCUT2D eigenvalue weighted by Crippen LogP contribution is 2.25. The molecule has 0 aromatic heterocycles. The molecule has 0 amide bonds. The quantitative estimate of drug-likeness (QED) is 0.844. The van der Waals surface area contributed by atoms with Gasteiger partial charge in [-0.2, -0.15) is 0 Å². The van der Waals surface area contributed by atoms with Crippen LogP contribution in [0.25, 0.3) is 0 Å². The number of hydrogen-bond acceptors (Lipinski definition) is 2. The summed E-state index contributed by atoms with van der Waals surface area (Å²) in [5, 5.41) is 3.52. The van der Waals surface area contributed by atoms with Crippen LogP contribution in [0.3, 0.4) is 0 Å². The largest absolute Gasteiger partial charge is 0.317 e. The summed E-state index contributed by atoms with van der Waals surface area (Å²) in [6.07, 6.45) is 5.54. The van der Waals surface area contributed by atoms with E-state index in [1.165, 1.54) is 37.8 Å². The zero-order valence-corrected chi connectivity index (χ0v) is 12.4. The fourth-order valence-electron chi connectivity index (χ4n) is 3.28. The van der Waals surface area contributed by atoms with E-state index in [0.717, 1.165) is 25.0 Å². The molecular formula is C17H28N2. The molecule has 106 valence electrons. The molecule has 1 fully saturated rings. The third-order valence-electron chi connectivity index (χ3n) is 4.47. The van der Waals surface area contributed by atoms with E-state index in [1.54, 1.807) is 0 Å². The average Bonchev–Trinajstić information content (AvgIpc) is 2.48. The number of hydrogen-bond donors (Lipinski definition) is 1. The lowest BCUT2D eigenvalue weighted by molar-refractivity contribution is 0.172. The Morgan fingerprint density at radius 2 is 1.89 bits per heavy atom. The van der Waals surface area contributed by atoms with Crippen LogP contribution >= 0.6 is 0 Å². The molecule has 0 saturated heterocycles. The number of benzene rings is 1. The predicted octanol–water partition coefficient (Wildman–Crippen LogP) is 3.29. The molecule has 1 aromatic rings. The van der Waals surface area contributed by atoms with Crippen LogP contribution in [0.2, 0.25) is 0 Å². The predicted molar refractivity (Wildman–Crippen MR) is 82.2 cm³/mol. The molecule has 1 aromatic carbocycles. The highest BCUT2D eigenvalue weighted by molar-refractivity contribution is 5.14.